The Morgan fingerprint density at radius 3 is 1.44 bits per heavy atom. The van der Waals surface area contributed by atoms with Crippen molar-refractivity contribution in [2.75, 3.05) is 0 Å². The number of carboxylic acids is 1. The smallest absolute Gasteiger partial charge is 0.306 e. The first-order valence-corrected chi connectivity index (χ1v) is 19.9. The monoisotopic (exact) mass is 667 g/mol. The second kappa shape index (κ2) is 38.8. The number of hydrogen-bond acceptors (Lipinski definition) is 3. The number of ether oxygens (including phenoxy) is 1. The number of unbranched alkanes of at least 4 members (excludes halogenated alkanes) is 14. The van der Waals surface area contributed by atoms with Gasteiger partial charge in [0.2, 0.25) is 0 Å². The van der Waals surface area contributed by atoms with E-state index in [0.29, 0.717) is 6.42 Å². The van der Waals surface area contributed by atoms with Gasteiger partial charge in [-0.1, -0.05) is 145 Å². The van der Waals surface area contributed by atoms with Gasteiger partial charge in [-0.25, -0.2) is 0 Å². The van der Waals surface area contributed by atoms with Gasteiger partial charge in [0.15, 0.2) is 0 Å². The van der Waals surface area contributed by atoms with Gasteiger partial charge in [0, 0.05) is 12.8 Å². The van der Waals surface area contributed by atoms with E-state index in [1.54, 1.807) is 0 Å². The molecule has 4 heteroatoms. The highest BCUT2D eigenvalue weighted by atomic mass is 16.5. The molecule has 0 saturated carbocycles. The molecule has 0 aromatic rings. The van der Waals surface area contributed by atoms with Crippen LogP contribution in [0.15, 0.2) is 72.9 Å². The molecule has 1 N–H and O–H groups in total. The summed E-state index contributed by atoms with van der Waals surface area (Å²) in [6.45, 7) is 4.42. The highest BCUT2D eigenvalue weighted by molar-refractivity contribution is 5.69. The molecule has 48 heavy (non-hydrogen) atoms. The topological polar surface area (TPSA) is 63.6 Å². The molecular weight excluding hydrogens is 592 g/mol. The largest absolute Gasteiger partial charge is 0.481 e. The third-order valence-corrected chi connectivity index (χ3v) is 8.41. The van der Waals surface area contributed by atoms with Gasteiger partial charge in [0.05, 0.1) is 0 Å². The van der Waals surface area contributed by atoms with E-state index in [9.17, 15) is 9.59 Å². The fraction of sp³-hybridized carbons (Fsp3) is 0.682. The molecule has 0 spiro atoms. The van der Waals surface area contributed by atoms with Crippen LogP contribution in [0.3, 0.4) is 0 Å². The van der Waals surface area contributed by atoms with Crippen molar-refractivity contribution in [3.63, 3.8) is 0 Å². The minimum absolute atomic E-state index is 0.00400. The molecule has 0 aliphatic heterocycles. The Balaban J connectivity index is 4.19. The van der Waals surface area contributed by atoms with Crippen molar-refractivity contribution in [3.05, 3.63) is 72.9 Å². The summed E-state index contributed by atoms with van der Waals surface area (Å²) in [6.07, 6.45) is 54.8. The molecule has 0 amide bonds. The second-order valence-electron chi connectivity index (χ2n) is 13.1. The molecule has 1 atom stereocenters. The standard InChI is InChI=1S/C44H74O4/c1-3-5-7-9-11-13-15-17-18-19-20-22-24-26-28-33-37-41-44(47)48-42(39-35-31-29-32-36-40-43(45)46)38-34-30-27-25-23-21-16-14-12-10-8-6-4-2/h5,7,11,13,16-18,20-22,25,27,42H,3-4,6,8-10,12,14-15,19,23-24,26,28-41H2,1-2H3,(H,45,46)/b7-5-,13-11-,18-17-,21-16-,22-20-,27-25-. The van der Waals surface area contributed by atoms with Crippen molar-refractivity contribution in [3.8, 4) is 0 Å². The van der Waals surface area contributed by atoms with E-state index in [-0.39, 0.29) is 18.5 Å². The third-order valence-electron chi connectivity index (χ3n) is 8.41. The van der Waals surface area contributed by atoms with E-state index in [1.807, 2.05) is 0 Å². The Kier molecular flexibility index (Phi) is 36.7. The van der Waals surface area contributed by atoms with E-state index in [1.165, 1.54) is 44.9 Å². The van der Waals surface area contributed by atoms with Crippen molar-refractivity contribution in [2.24, 2.45) is 0 Å². The Morgan fingerprint density at radius 1 is 0.479 bits per heavy atom. The molecule has 0 aliphatic carbocycles. The molecule has 0 aliphatic rings. The zero-order valence-electron chi connectivity index (χ0n) is 31.3. The molecule has 274 valence electrons. The van der Waals surface area contributed by atoms with Crippen LogP contribution in [0.5, 0.6) is 0 Å². The lowest BCUT2D eigenvalue weighted by Crippen LogP contribution is -2.18. The highest BCUT2D eigenvalue weighted by Crippen LogP contribution is 2.17. The van der Waals surface area contributed by atoms with E-state index >= 15 is 0 Å². The quantitative estimate of drug-likeness (QED) is 0.0415. The van der Waals surface area contributed by atoms with Gasteiger partial charge in [-0.15, -0.1) is 0 Å². The summed E-state index contributed by atoms with van der Waals surface area (Å²) < 4.78 is 5.97. The lowest BCUT2D eigenvalue weighted by atomic mass is 10.0. The highest BCUT2D eigenvalue weighted by Gasteiger charge is 2.14. The van der Waals surface area contributed by atoms with Crippen LogP contribution in [0.2, 0.25) is 0 Å². The van der Waals surface area contributed by atoms with Crippen LogP contribution in [0.25, 0.3) is 0 Å². The summed E-state index contributed by atoms with van der Waals surface area (Å²) in [5, 5.41) is 8.82. The van der Waals surface area contributed by atoms with Gasteiger partial charge in [-0.2, -0.15) is 0 Å². The van der Waals surface area contributed by atoms with Gasteiger partial charge in [0.25, 0.3) is 0 Å². The van der Waals surface area contributed by atoms with Crippen LogP contribution in [0, 0.1) is 0 Å². The molecule has 4 nitrogen and oxygen atoms in total. The molecule has 0 bridgehead atoms. The molecule has 0 aromatic carbocycles. The molecule has 0 heterocycles. The zero-order valence-corrected chi connectivity index (χ0v) is 31.3. The first kappa shape index (κ1) is 45.4. The summed E-state index contributed by atoms with van der Waals surface area (Å²) in [7, 11) is 0. The van der Waals surface area contributed by atoms with Crippen molar-refractivity contribution < 1.29 is 19.4 Å². The van der Waals surface area contributed by atoms with Crippen molar-refractivity contribution in [1.82, 2.24) is 0 Å². The molecule has 0 fully saturated rings. The Labute approximate surface area is 297 Å². The van der Waals surface area contributed by atoms with Crippen LogP contribution < -0.4 is 0 Å². The minimum atomic E-state index is -0.712. The lowest BCUT2D eigenvalue weighted by Gasteiger charge is -2.18. The van der Waals surface area contributed by atoms with Crippen LogP contribution in [-0.2, 0) is 14.3 Å². The van der Waals surface area contributed by atoms with Crippen LogP contribution in [0.4, 0.5) is 0 Å². The average molecular weight is 667 g/mol. The van der Waals surface area contributed by atoms with E-state index in [0.717, 1.165) is 116 Å². The Morgan fingerprint density at radius 2 is 0.896 bits per heavy atom. The third kappa shape index (κ3) is 37.8. The lowest BCUT2D eigenvalue weighted by molar-refractivity contribution is -0.150. The summed E-state index contributed by atoms with van der Waals surface area (Å²) in [4.78, 5) is 23.4. The number of esters is 1. The Hall–Kier alpha value is -2.62. The summed E-state index contributed by atoms with van der Waals surface area (Å²) in [6, 6.07) is 0. The molecule has 0 saturated heterocycles. The number of carbonyl (C=O) groups is 2. The molecule has 1 unspecified atom stereocenters. The number of carbonyl (C=O) groups excluding carboxylic acids is 1. The van der Waals surface area contributed by atoms with Gasteiger partial charge in [-0.3, -0.25) is 9.59 Å². The molecule has 0 radical (unpaired) electrons. The first-order valence-electron chi connectivity index (χ1n) is 19.9. The van der Waals surface area contributed by atoms with Gasteiger partial charge in [0.1, 0.15) is 6.10 Å². The summed E-state index contributed by atoms with van der Waals surface area (Å²) in [5.41, 5.74) is 0. The maximum Gasteiger partial charge on any atom is 0.306 e. The van der Waals surface area contributed by atoms with Gasteiger partial charge >= 0.3 is 11.9 Å². The number of hydrogen-bond donors (Lipinski definition) is 1. The molecule has 0 rings (SSSR count). The van der Waals surface area contributed by atoms with Crippen LogP contribution in [0.1, 0.15) is 187 Å². The second-order valence-corrected chi connectivity index (χ2v) is 13.1. The van der Waals surface area contributed by atoms with Gasteiger partial charge < -0.3 is 9.84 Å². The maximum atomic E-state index is 12.7. The van der Waals surface area contributed by atoms with Crippen molar-refractivity contribution >= 4 is 11.9 Å². The van der Waals surface area contributed by atoms with Crippen LogP contribution in [-0.4, -0.2) is 23.1 Å². The fourth-order valence-corrected chi connectivity index (χ4v) is 5.50. The predicted molar refractivity (Wildman–Crippen MR) is 208 cm³/mol. The van der Waals surface area contributed by atoms with Crippen molar-refractivity contribution in [1.29, 1.82) is 0 Å². The van der Waals surface area contributed by atoms with Gasteiger partial charge in [-0.05, 0) is 103 Å². The predicted octanol–water partition coefficient (Wildman–Crippen LogP) is 13.9. The number of carboxylic acid groups (broad SMARTS) is 1. The first-order chi connectivity index (χ1) is 23.6. The fourth-order valence-electron chi connectivity index (χ4n) is 5.50. The van der Waals surface area contributed by atoms with Crippen molar-refractivity contribution in [2.45, 2.75) is 193 Å². The molecule has 0 aromatic heterocycles. The van der Waals surface area contributed by atoms with E-state index in [4.69, 9.17) is 9.84 Å². The number of allylic oxidation sites excluding steroid dienone is 12. The molecular formula is C44H74O4. The van der Waals surface area contributed by atoms with E-state index in [2.05, 4.69) is 86.8 Å². The zero-order chi connectivity index (χ0) is 35.0. The van der Waals surface area contributed by atoms with E-state index < -0.39 is 5.97 Å². The summed E-state index contributed by atoms with van der Waals surface area (Å²) in [5.74, 6) is -0.758. The Bertz CT molecular complexity index is 892. The number of aliphatic carboxylic acids is 1. The average Bonchev–Trinajstić information content (AvgIpc) is 3.07. The number of rotatable bonds is 35. The maximum absolute atomic E-state index is 12.7. The summed E-state index contributed by atoms with van der Waals surface area (Å²) >= 11 is 0. The normalized spacial score (nSPS) is 13.0. The SMILES string of the molecule is CC/C=C\C/C=C\C/C=C\C/C=C\CCCCCCC(=O)OC(CCC/C=C\C/C=C\CCCCCCC)CCCCCCCC(=O)O. The van der Waals surface area contributed by atoms with Crippen LogP contribution >= 0.6 is 0 Å². The minimum Gasteiger partial charge on any atom is -0.481 e.